The molecule has 0 spiro atoms. The smallest absolute Gasteiger partial charge is 0.108 e. The molecular weight excluding hydrogens is 425 g/mol. The summed E-state index contributed by atoms with van der Waals surface area (Å²) in [6.07, 6.45) is 12.1. The van der Waals surface area contributed by atoms with E-state index >= 15 is 0 Å². The summed E-state index contributed by atoms with van der Waals surface area (Å²) in [4.78, 5) is 0. The number of ether oxygens (including phenoxy) is 1. The van der Waals surface area contributed by atoms with Crippen molar-refractivity contribution in [2.45, 2.75) is 121 Å². The van der Waals surface area contributed by atoms with Crippen LogP contribution in [0.15, 0.2) is 11.6 Å². The van der Waals surface area contributed by atoms with E-state index in [2.05, 4.69) is 26.1 Å². The lowest BCUT2D eigenvalue weighted by molar-refractivity contribution is 0.0258. The maximum absolute atomic E-state index is 13.4. The van der Waals surface area contributed by atoms with Gasteiger partial charge in [0.15, 0.2) is 0 Å². The molecule has 2 saturated carbocycles. The lowest BCUT2D eigenvalue weighted by Crippen LogP contribution is -2.48. The fourth-order valence-electron chi connectivity index (χ4n) is 6.75. The maximum Gasteiger partial charge on any atom is 0.108 e. The first kappa shape index (κ1) is 26.4. The Kier molecular flexibility index (Phi) is 10.3. The van der Waals surface area contributed by atoms with Crippen molar-refractivity contribution in [1.82, 2.24) is 5.32 Å². The molecule has 0 radical (unpaired) electrons. The van der Waals surface area contributed by atoms with Crippen LogP contribution in [-0.2, 0) is 4.74 Å². The molecule has 3 nitrogen and oxygen atoms in total. The first-order valence-corrected chi connectivity index (χ1v) is 13.6. The van der Waals surface area contributed by atoms with Crippen molar-refractivity contribution in [3.05, 3.63) is 11.6 Å². The van der Waals surface area contributed by atoms with E-state index in [1.807, 2.05) is 6.08 Å². The fraction of sp³-hybridized carbons (Fsp3) is 0.926. The van der Waals surface area contributed by atoms with Gasteiger partial charge in [0.25, 0.3) is 0 Å². The zero-order valence-electron chi connectivity index (χ0n) is 20.7. The van der Waals surface area contributed by atoms with Crippen molar-refractivity contribution in [1.29, 1.82) is 0 Å². The van der Waals surface area contributed by atoms with E-state index in [1.54, 1.807) is 7.11 Å². The van der Waals surface area contributed by atoms with Gasteiger partial charge < -0.3 is 9.84 Å². The monoisotopic (exact) mass is 471 g/mol. The van der Waals surface area contributed by atoms with Crippen LogP contribution < -0.4 is 5.32 Å². The second-order valence-electron chi connectivity index (χ2n) is 11.3. The van der Waals surface area contributed by atoms with Crippen LogP contribution in [0.3, 0.4) is 0 Å². The van der Waals surface area contributed by atoms with Crippen LogP contribution >= 0.6 is 11.6 Å². The normalized spacial score (nSPS) is 37.1. The third-order valence-electron chi connectivity index (χ3n) is 8.85. The SMILES string of the molecule is COC1CC(C2CCC(C(C)[C@H](NC(O)CC3=CCC(F)CC3)C(C)C)CC2)CCC1Cl. The second-order valence-corrected chi connectivity index (χ2v) is 11.8. The van der Waals surface area contributed by atoms with Crippen molar-refractivity contribution >= 4 is 11.6 Å². The molecule has 0 aromatic carbocycles. The van der Waals surface area contributed by atoms with E-state index in [0.29, 0.717) is 43.1 Å². The van der Waals surface area contributed by atoms with Gasteiger partial charge in [-0.1, -0.05) is 32.4 Å². The maximum atomic E-state index is 13.4. The number of aliphatic hydroxyl groups excluding tert-OH is 1. The minimum Gasteiger partial charge on any atom is -0.380 e. The number of hydrogen-bond acceptors (Lipinski definition) is 3. The van der Waals surface area contributed by atoms with Crippen LogP contribution in [0.4, 0.5) is 4.39 Å². The molecule has 3 aliphatic rings. The summed E-state index contributed by atoms with van der Waals surface area (Å²) in [6.45, 7) is 6.90. The van der Waals surface area contributed by atoms with Crippen LogP contribution in [-0.4, -0.2) is 42.1 Å². The van der Waals surface area contributed by atoms with Crippen LogP contribution in [0.5, 0.6) is 0 Å². The van der Waals surface area contributed by atoms with Gasteiger partial charge in [0.2, 0.25) is 0 Å². The van der Waals surface area contributed by atoms with E-state index in [9.17, 15) is 9.50 Å². The number of aliphatic hydroxyl groups is 1. The van der Waals surface area contributed by atoms with Crippen molar-refractivity contribution in [3.8, 4) is 0 Å². The summed E-state index contributed by atoms with van der Waals surface area (Å²) >= 11 is 6.45. The highest BCUT2D eigenvalue weighted by molar-refractivity contribution is 6.21. The zero-order valence-corrected chi connectivity index (χ0v) is 21.5. The molecule has 3 rings (SSSR count). The van der Waals surface area contributed by atoms with Gasteiger partial charge in [-0.05, 0) is 93.8 Å². The van der Waals surface area contributed by atoms with E-state index < -0.39 is 12.4 Å². The van der Waals surface area contributed by atoms with E-state index in [4.69, 9.17) is 16.3 Å². The molecule has 2 fully saturated rings. The number of methoxy groups -OCH3 is 1. The summed E-state index contributed by atoms with van der Waals surface area (Å²) in [5.41, 5.74) is 1.20. The highest BCUT2D eigenvalue weighted by Gasteiger charge is 2.37. The second kappa shape index (κ2) is 12.5. The Morgan fingerprint density at radius 3 is 2.38 bits per heavy atom. The average Bonchev–Trinajstić information content (AvgIpc) is 2.79. The van der Waals surface area contributed by atoms with Crippen LogP contribution in [0, 0.1) is 29.6 Å². The Hall–Kier alpha value is -0.160. The highest BCUT2D eigenvalue weighted by atomic mass is 35.5. The third-order valence-corrected chi connectivity index (χ3v) is 9.35. The van der Waals surface area contributed by atoms with Crippen LogP contribution in [0.1, 0.15) is 91.4 Å². The van der Waals surface area contributed by atoms with Crippen molar-refractivity contribution in [2.24, 2.45) is 29.6 Å². The topological polar surface area (TPSA) is 41.5 Å². The Labute approximate surface area is 200 Å². The largest absolute Gasteiger partial charge is 0.380 e. The molecule has 0 aliphatic heterocycles. The summed E-state index contributed by atoms with van der Waals surface area (Å²) < 4.78 is 19.0. The van der Waals surface area contributed by atoms with Gasteiger partial charge in [-0.2, -0.15) is 0 Å². The van der Waals surface area contributed by atoms with Gasteiger partial charge in [-0.15, -0.1) is 11.6 Å². The van der Waals surface area contributed by atoms with E-state index in [0.717, 1.165) is 31.1 Å². The third kappa shape index (κ3) is 7.17. The molecule has 0 bridgehead atoms. The van der Waals surface area contributed by atoms with Gasteiger partial charge in [0.1, 0.15) is 12.4 Å². The quantitative estimate of drug-likeness (QED) is 0.225. The van der Waals surface area contributed by atoms with Crippen LogP contribution in [0.25, 0.3) is 0 Å². The zero-order chi connectivity index (χ0) is 23.3. The predicted molar refractivity (Wildman–Crippen MR) is 132 cm³/mol. The lowest BCUT2D eigenvalue weighted by atomic mass is 9.67. The summed E-state index contributed by atoms with van der Waals surface area (Å²) in [5, 5.41) is 14.5. The number of hydrogen-bond donors (Lipinski definition) is 2. The van der Waals surface area contributed by atoms with Crippen molar-refractivity contribution in [3.63, 3.8) is 0 Å². The predicted octanol–water partition coefficient (Wildman–Crippen LogP) is 6.62. The molecule has 0 amide bonds. The number of nitrogens with one attached hydrogen (secondary N) is 1. The molecule has 6 unspecified atom stereocenters. The molecule has 0 heterocycles. The highest BCUT2D eigenvalue weighted by Crippen LogP contribution is 2.44. The fourth-order valence-corrected chi connectivity index (χ4v) is 7.08. The van der Waals surface area contributed by atoms with Crippen molar-refractivity contribution < 1.29 is 14.2 Å². The average molecular weight is 472 g/mol. The van der Waals surface area contributed by atoms with Gasteiger partial charge in [0.05, 0.1) is 11.5 Å². The van der Waals surface area contributed by atoms with E-state index in [-0.39, 0.29) is 11.5 Å². The molecule has 7 atom stereocenters. The first-order valence-electron chi connectivity index (χ1n) is 13.2. The van der Waals surface area contributed by atoms with E-state index in [1.165, 1.54) is 37.7 Å². The van der Waals surface area contributed by atoms with Gasteiger partial charge in [0, 0.05) is 19.6 Å². The molecule has 5 heteroatoms. The minimum absolute atomic E-state index is 0.180. The Bertz CT molecular complexity index is 592. The Morgan fingerprint density at radius 1 is 1.09 bits per heavy atom. The van der Waals surface area contributed by atoms with Crippen LogP contribution in [0.2, 0.25) is 0 Å². The summed E-state index contributed by atoms with van der Waals surface area (Å²) in [5.74, 6) is 3.29. The number of alkyl halides is 2. The van der Waals surface area contributed by atoms with Crippen molar-refractivity contribution in [2.75, 3.05) is 7.11 Å². The number of allylic oxidation sites excluding steroid dienone is 1. The summed E-state index contributed by atoms with van der Waals surface area (Å²) in [6, 6.07) is 0.300. The molecule has 0 aromatic heterocycles. The molecule has 0 aromatic rings. The van der Waals surface area contributed by atoms with Gasteiger partial charge in [-0.3, -0.25) is 5.32 Å². The Morgan fingerprint density at radius 2 is 1.78 bits per heavy atom. The number of rotatable bonds is 9. The molecule has 2 N–H and O–H groups in total. The minimum atomic E-state index is -0.701. The lowest BCUT2D eigenvalue weighted by Gasteiger charge is -2.42. The standard InChI is InChI=1S/C27H47ClFNO2/c1-17(2)27(30-26(31)15-19-5-12-23(29)13-6-19)18(3)20-7-9-21(10-8-20)22-11-14-24(28)25(16-22)32-4/h5,17-18,20-27,30-31H,6-16H2,1-4H3/t18?,20?,21?,22?,23?,24?,25?,26?,27-/m1/s1. The Balaban J connectivity index is 1.48. The molecule has 0 saturated heterocycles. The first-order chi connectivity index (χ1) is 15.3. The summed E-state index contributed by atoms with van der Waals surface area (Å²) in [7, 11) is 1.80. The molecular formula is C27H47ClFNO2. The van der Waals surface area contributed by atoms with Gasteiger partial charge >= 0.3 is 0 Å². The molecule has 3 aliphatic carbocycles. The number of halogens is 2. The molecule has 186 valence electrons. The van der Waals surface area contributed by atoms with Gasteiger partial charge in [-0.25, -0.2) is 4.39 Å². The molecule has 32 heavy (non-hydrogen) atoms.